The number of aromatic hydroxyl groups is 2. The van der Waals surface area contributed by atoms with Crippen LogP contribution in [-0.2, 0) is 6.42 Å². The van der Waals surface area contributed by atoms with Crippen LogP contribution in [0.15, 0.2) is 30.4 Å². The summed E-state index contributed by atoms with van der Waals surface area (Å²) >= 11 is 0. The van der Waals surface area contributed by atoms with E-state index in [2.05, 4.69) is 27.4 Å². The lowest BCUT2D eigenvalue weighted by Gasteiger charge is -2.58. The molecule has 2 aliphatic rings. The summed E-state index contributed by atoms with van der Waals surface area (Å²) in [6.07, 6.45) is 6.94. The maximum Gasteiger partial charge on any atom is 0.119 e. The Hall–Kier alpha value is -1.44. The Balaban J connectivity index is 1.95. The zero-order valence-corrected chi connectivity index (χ0v) is 14.7. The van der Waals surface area contributed by atoms with E-state index in [1.807, 2.05) is 0 Å². The van der Waals surface area contributed by atoms with E-state index >= 15 is 0 Å². The highest BCUT2D eigenvalue weighted by atomic mass is 16.3. The first kappa shape index (κ1) is 16.4. The van der Waals surface area contributed by atoms with Crippen molar-refractivity contribution in [1.29, 1.82) is 0 Å². The molecule has 2 aliphatic carbocycles. The van der Waals surface area contributed by atoms with Crippen molar-refractivity contribution in [2.75, 3.05) is 0 Å². The third kappa shape index (κ3) is 2.77. The molecule has 2 saturated carbocycles. The number of phenols is 2. The fraction of sp³-hybridized carbons (Fsp3) is 0.619. The number of rotatable bonds is 2. The Bertz CT molecular complexity index is 616. The molecule has 0 bridgehead atoms. The van der Waals surface area contributed by atoms with Crippen molar-refractivity contribution < 1.29 is 10.2 Å². The number of hydrogen-bond donors (Lipinski definition) is 2. The van der Waals surface area contributed by atoms with E-state index in [0.717, 1.165) is 18.4 Å². The average Bonchev–Trinajstić information content (AvgIpc) is 2.45. The van der Waals surface area contributed by atoms with Crippen molar-refractivity contribution >= 4 is 0 Å². The molecule has 0 saturated heterocycles. The molecule has 23 heavy (non-hydrogen) atoms. The summed E-state index contributed by atoms with van der Waals surface area (Å²) in [5.41, 5.74) is 2.80. The molecule has 1 aromatic carbocycles. The molecule has 2 nitrogen and oxygen atoms in total. The summed E-state index contributed by atoms with van der Waals surface area (Å²) in [5.74, 6) is 1.61. The van der Waals surface area contributed by atoms with Gasteiger partial charge in [-0.05, 0) is 78.5 Å². The van der Waals surface area contributed by atoms with Gasteiger partial charge in [-0.1, -0.05) is 39.3 Å². The fourth-order valence-electron chi connectivity index (χ4n) is 5.61. The molecule has 2 N–H and O–H groups in total. The molecule has 2 unspecified atom stereocenters. The Labute approximate surface area is 140 Å². The smallest absolute Gasteiger partial charge is 0.119 e. The highest BCUT2D eigenvalue weighted by molar-refractivity contribution is 5.40. The molecule has 126 valence electrons. The van der Waals surface area contributed by atoms with Gasteiger partial charge >= 0.3 is 0 Å². The first-order valence-corrected chi connectivity index (χ1v) is 8.92. The average molecular weight is 314 g/mol. The number of allylic oxidation sites excluding steroid dienone is 1. The van der Waals surface area contributed by atoms with Crippen LogP contribution in [0.25, 0.3) is 0 Å². The summed E-state index contributed by atoms with van der Waals surface area (Å²) in [6.45, 7) is 11.7. The summed E-state index contributed by atoms with van der Waals surface area (Å²) in [4.78, 5) is 0. The second-order valence-corrected chi connectivity index (χ2v) is 8.67. The minimum absolute atomic E-state index is 0.227. The second-order valence-electron chi connectivity index (χ2n) is 8.67. The molecule has 3 rings (SSSR count). The third-order valence-electron chi connectivity index (χ3n) is 6.81. The zero-order chi connectivity index (χ0) is 16.8. The fourth-order valence-corrected chi connectivity index (χ4v) is 5.61. The van der Waals surface area contributed by atoms with Gasteiger partial charge in [0.15, 0.2) is 0 Å². The molecule has 1 aromatic rings. The van der Waals surface area contributed by atoms with E-state index in [-0.39, 0.29) is 16.9 Å². The minimum atomic E-state index is 0.227. The quantitative estimate of drug-likeness (QED) is 0.564. The molecule has 0 amide bonds. The van der Waals surface area contributed by atoms with Gasteiger partial charge in [-0.15, -0.1) is 0 Å². The van der Waals surface area contributed by atoms with Crippen LogP contribution < -0.4 is 0 Å². The zero-order valence-electron chi connectivity index (χ0n) is 14.7. The van der Waals surface area contributed by atoms with Gasteiger partial charge in [0, 0.05) is 0 Å². The van der Waals surface area contributed by atoms with Crippen molar-refractivity contribution in [2.24, 2.45) is 22.7 Å². The van der Waals surface area contributed by atoms with E-state index in [0.29, 0.717) is 17.3 Å². The lowest BCUT2D eigenvalue weighted by molar-refractivity contribution is -0.0518. The van der Waals surface area contributed by atoms with Crippen LogP contribution in [0.3, 0.4) is 0 Å². The second kappa shape index (κ2) is 5.58. The van der Waals surface area contributed by atoms with Gasteiger partial charge in [-0.3, -0.25) is 0 Å². The molecule has 0 heterocycles. The predicted octanol–water partition coefficient (Wildman–Crippen LogP) is 5.44. The van der Waals surface area contributed by atoms with Crippen LogP contribution in [0.5, 0.6) is 11.5 Å². The Kier molecular flexibility index (Phi) is 3.98. The topological polar surface area (TPSA) is 40.5 Å². The van der Waals surface area contributed by atoms with Gasteiger partial charge in [0.2, 0.25) is 0 Å². The van der Waals surface area contributed by atoms with Crippen molar-refractivity contribution in [1.82, 2.24) is 0 Å². The predicted molar refractivity (Wildman–Crippen MR) is 94.6 cm³/mol. The van der Waals surface area contributed by atoms with Crippen LogP contribution in [0.4, 0.5) is 0 Å². The van der Waals surface area contributed by atoms with Crippen molar-refractivity contribution in [3.05, 3.63) is 35.9 Å². The molecular formula is C21H30O2. The number of fused-ring (bicyclic) bond motifs is 1. The molecule has 2 fully saturated rings. The first-order valence-electron chi connectivity index (χ1n) is 8.92. The van der Waals surface area contributed by atoms with Crippen LogP contribution in [0, 0.1) is 22.7 Å². The minimum Gasteiger partial charge on any atom is -0.508 e. The van der Waals surface area contributed by atoms with E-state index < -0.39 is 0 Å². The number of hydrogen-bond acceptors (Lipinski definition) is 2. The number of phenolic OH excluding ortho intramolecular Hbond substituents is 2. The van der Waals surface area contributed by atoms with Gasteiger partial charge in [-0.2, -0.15) is 0 Å². The molecular weight excluding hydrogens is 284 g/mol. The summed E-state index contributed by atoms with van der Waals surface area (Å²) in [5, 5.41) is 20.0. The largest absolute Gasteiger partial charge is 0.508 e. The standard InChI is InChI=1S/C21H30O2/c1-14-6-9-19-20(2,3)10-5-11-21(19,4)17(14)13-15-12-16(22)7-8-18(15)23/h7-8,12,17,19,22-23H,1,5-6,9-11,13H2,2-4H3/t17?,19-,21?/m1/s1. The van der Waals surface area contributed by atoms with E-state index in [1.165, 1.54) is 31.3 Å². The Morgan fingerprint density at radius 3 is 2.65 bits per heavy atom. The van der Waals surface area contributed by atoms with E-state index in [9.17, 15) is 10.2 Å². The summed E-state index contributed by atoms with van der Waals surface area (Å²) < 4.78 is 0. The lowest BCUT2D eigenvalue weighted by atomic mass is 9.47. The van der Waals surface area contributed by atoms with Crippen LogP contribution in [0.2, 0.25) is 0 Å². The Morgan fingerprint density at radius 1 is 1.17 bits per heavy atom. The molecule has 3 atom stereocenters. The van der Waals surface area contributed by atoms with Gasteiger partial charge in [-0.25, -0.2) is 0 Å². The highest BCUT2D eigenvalue weighted by Gasteiger charge is 2.52. The van der Waals surface area contributed by atoms with Gasteiger partial charge in [0.25, 0.3) is 0 Å². The number of benzene rings is 1. The molecule has 0 aliphatic heterocycles. The van der Waals surface area contributed by atoms with E-state index in [1.54, 1.807) is 18.2 Å². The van der Waals surface area contributed by atoms with Crippen molar-refractivity contribution in [3.63, 3.8) is 0 Å². The Morgan fingerprint density at radius 2 is 1.91 bits per heavy atom. The van der Waals surface area contributed by atoms with Gasteiger partial charge in [0.1, 0.15) is 11.5 Å². The van der Waals surface area contributed by atoms with Gasteiger partial charge in [0.05, 0.1) is 0 Å². The summed E-state index contributed by atoms with van der Waals surface area (Å²) in [7, 11) is 0. The van der Waals surface area contributed by atoms with Crippen molar-refractivity contribution in [3.8, 4) is 11.5 Å². The lowest BCUT2D eigenvalue weighted by Crippen LogP contribution is -2.50. The van der Waals surface area contributed by atoms with Crippen LogP contribution in [0.1, 0.15) is 58.4 Å². The normalized spacial score (nSPS) is 33.3. The molecule has 2 heteroatoms. The third-order valence-corrected chi connectivity index (χ3v) is 6.81. The first-order chi connectivity index (χ1) is 10.7. The SMILES string of the molecule is C=C1CC[C@@H]2C(C)(C)CCCC2(C)C1Cc1cc(O)ccc1O. The highest BCUT2D eigenvalue weighted by Crippen LogP contribution is 2.61. The maximum absolute atomic E-state index is 10.2. The molecule has 0 spiro atoms. The van der Waals surface area contributed by atoms with Gasteiger partial charge < -0.3 is 10.2 Å². The molecule has 0 aromatic heterocycles. The van der Waals surface area contributed by atoms with Crippen LogP contribution in [-0.4, -0.2) is 10.2 Å². The maximum atomic E-state index is 10.2. The monoisotopic (exact) mass is 314 g/mol. The summed E-state index contributed by atoms with van der Waals surface area (Å²) in [6, 6.07) is 4.85. The van der Waals surface area contributed by atoms with Crippen LogP contribution >= 0.6 is 0 Å². The van der Waals surface area contributed by atoms with E-state index in [4.69, 9.17) is 0 Å². The molecule has 0 radical (unpaired) electrons. The van der Waals surface area contributed by atoms with Crippen molar-refractivity contribution in [2.45, 2.75) is 59.3 Å².